The van der Waals surface area contributed by atoms with E-state index in [0.717, 1.165) is 18.4 Å². The molecule has 4 aromatic rings. The van der Waals surface area contributed by atoms with Crippen LogP contribution in [0, 0.1) is 5.82 Å². The number of aromatic nitrogens is 5. The van der Waals surface area contributed by atoms with Gasteiger partial charge in [0.05, 0.1) is 43.7 Å². The molecule has 3 aromatic heterocycles. The van der Waals surface area contributed by atoms with Crippen molar-refractivity contribution in [2.24, 2.45) is 4.99 Å². The molecule has 6 rings (SSSR count). The van der Waals surface area contributed by atoms with Gasteiger partial charge in [0.1, 0.15) is 16.6 Å². The highest BCUT2D eigenvalue weighted by Gasteiger charge is 2.32. The molecule has 1 saturated carbocycles. The Morgan fingerprint density at radius 1 is 1.27 bits per heavy atom. The van der Waals surface area contributed by atoms with Crippen molar-refractivity contribution in [1.82, 2.24) is 24.3 Å². The highest BCUT2D eigenvalue weighted by Crippen LogP contribution is 2.37. The number of hydrogen-bond donors (Lipinski definition) is 1. The molecule has 1 aliphatic carbocycles. The number of aliphatic hydroxyl groups excluding tert-OH is 1. The minimum absolute atomic E-state index is 0.0775. The summed E-state index contributed by atoms with van der Waals surface area (Å²) in [6.45, 7) is 3.37. The quantitative estimate of drug-likeness (QED) is 0.395. The summed E-state index contributed by atoms with van der Waals surface area (Å²) in [6, 6.07) is 5.07. The molecule has 1 aromatic carbocycles. The van der Waals surface area contributed by atoms with Crippen molar-refractivity contribution in [3.05, 3.63) is 51.8 Å². The van der Waals surface area contributed by atoms with Crippen molar-refractivity contribution in [3.63, 3.8) is 0 Å². The van der Waals surface area contributed by atoms with Gasteiger partial charge < -0.3 is 14.7 Å². The molecule has 2 aliphatic rings. The molecule has 194 valence electrons. The fraction of sp³-hybridized carbons (Fsp3) is 0.440. The fourth-order valence-electron chi connectivity index (χ4n) is 4.77. The third-order valence-electron chi connectivity index (χ3n) is 6.67. The first-order valence-electron chi connectivity index (χ1n) is 12.3. The van der Waals surface area contributed by atoms with Crippen LogP contribution in [0.4, 0.5) is 10.3 Å². The molecule has 9 nitrogen and oxygen atoms in total. The minimum atomic E-state index is -0.462. The third-order valence-corrected chi connectivity index (χ3v) is 8.08. The molecule has 2 atom stereocenters. The molecule has 0 radical (unpaired) electrons. The van der Waals surface area contributed by atoms with E-state index in [9.17, 15) is 5.11 Å². The van der Waals surface area contributed by atoms with Gasteiger partial charge in [-0.15, -0.1) is 0 Å². The number of nitrogens with zero attached hydrogens (tertiary/aromatic N) is 7. The van der Waals surface area contributed by atoms with Crippen molar-refractivity contribution in [2.75, 3.05) is 31.6 Å². The molecule has 2 fully saturated rings. The number of morpholine rings is 1. The summed E-state index contributed by atoms with van der Waals surface area (Å²) in [5.74, 6) is 0.00925. The first-order chi connectivity index (χ1) is 17.9. The summed E-state index contributed by atoms with van der Waals surface area (Å²) in [6.07, 6.45) is 5.99. The maximum atomic E-state index is 15.1. The van der Waals surface area contributed by atoms with Gasteiger partial charge in [-0.05, 0) is 38.0 Å². The predicted molar refractivity (Wildman–Crippen MR) is 140 cm³/mol. The molecule has 1 N–H and O–H groups in total. The van der Waals surface area contributed by atoms with Crippen LogP contribution in [0.25, 0.3) is 21.6 Å². The van der Waals surface area contributed by atoms with Gasteiger partial charge in [0.2, 0.25) is 5.95 Å². The summed E-state index contributed by atoms with van der Waals surface area (Å²) < 4.78 is 26.0. The van der Waals surface area contributed by atoms with Crippen molar-refractivity contribution in [1.29, 1.82) is 0 Å². The smallest absolute Gasteiger partial charge is 0.228 e. The minimum Gasteiger partial charge on any atom is -0.395 e. The lowest BCUT2D eigenvalue weighted by Gasteiger charge is -2.36. The average Bonchev–Trinajstić information content (AvgIpc) is 3.50. The lowest BCUT2D eigenvalue weighted by Crippen LogP contribution is -2.43. The highest BCUT2D eigenvalue weighted by atomic mass is 35.5. The molecule has 1 saturated heterocycles. The van der Waals surface area contributed by atoms with Gasteiger partial charge in [-0.2, -0.15) is 10.1 Å². The highest BCUT2D eigenvalue weighted by molar-refractivity contribution is 7.16. The molecule has 4 heterocycles. The van der Waals surface area contributed by atoms with E-state index in [4.69, 9.17) is 26.3 Å². The van der Waals surface area contributed by atoms with E-state index in [1.807, 2.05) is 22.4 Å². The third kappa shape index (κ3) is 4.65. The molecule has 0 spiro atoms. The van der Waals surface area contributed by atoms with Gasteiger partial charge in [-0.25, -0.2) is 9.37 Å². The Morgan fingerprint density at radius 2 is 2.11 bits per heavy atom. The van der Waals surface area contributed by atoms with Crippen LogP contribution in [0.3, 0.4) is 0 Å². The molecule has 0 amide bonds. The molecule has 0 bridgehead atoms. The van der Waals surface area contributed by atoms with Crippen molar-refractivity contribution >= 4 is 39.2 Å². The van der Waals surface area contributed by atoms with Crippen LogP contribution < -0.4 is 9.70 Å². The summed E-state index contributed by atoms with van der Waals surface area (Å²) in [4.78, 5) is 16.9. The Bertz CT molecular complexity index is 1530. The number of halogens is 2. The lowest BCUT2D eigenvalue weighted by atomic mass is 10.1. The van der Waals surface area contributed by atoms with E-state index in [1.165, 1.54) is 17.4 Å². The second-order valence-electron chi connectivity index (χ2n) is 9.46. The number of rotatable bonds is 6. The topological polar surface area (TPSA) is 93.6 Å². The Kier molecular flexibility index (Phi) is 6.47. The van der Waals surface area contributed by atoms with Gasteiger partial charge in [0.25, 0.3) is 0 Å². The summed E-state index contributed by atoms with van der Waals surface area (Å²) in [7, 11) is 1.69. The van der Waals surface area contributed by atoms with Crippen molar-refractivity contribution in [3.8, 4) is 11.3 Å². The van der Waals surface area contributed by atoms with Gasteiger partial charge in [-0.3, -0.25) is 14.2 Å². The number of aliphatic hydroxyl groups is 1. The number of benzene rings is 1. The maximum Gasteiger partial charge on any atom is 0.228 e. The summed E-state index contributed by atoms with van der Waals surface area (Å²) >= 11 is 7.41. The van der Waals surface area contributed by atoms with E-state index < -0.39 is 5.82 Å². The first kappa shape index (κ1) is 24.5. The zero-order valence-electron chi connectivity index (χ0n) is 20.5. The van der Waals surface area contributed by atoms with Crippen LogP contribution in [-0.4, -0.2) is 62.3 Å². The molecular formula is C25H27ClFN7O2S. The second kappa shape index (κ2) is 9.79. The Morgan fingerprint density at radius 3 is 2.84 bits per heavy atom. The Labute approximate surface area is 221 Å². The normalized spacial score (nSPS) is 20.8. The van der Waals surface area contributed by atoms with Crippen LogP contribution >= 0.6 is 22.9 Å². The summed E-state index contributed by atoms with van der Waals surface area (Å²) in [5.41, 5.74) is 2.43. The van der Waals surface area contributed by atoms with Crippen LogP contribution in [-0.2, 0) is 11.3 Å². The van der Waals surface area contributed by atoms with Crippen LogP contribution in [0.2, 0.25) is 5.02 Å². The molecular weight excluding hydrogens is 517 g/mol. The van der Waals surface area contributed by atoms with E-state index in [0.29, 0.717) is 63.1 Å². The Balaban J connectivity index is 1.47. The molecule has 0 unspecified atom stereocenters. The first-order valence-corrected chi connectivity index (χ1v) is 13.5. The van der Waals surface area contributed by atoms with Crippen molar-refractivity contribution < 1.29 is 14.2 Å². The number of ether oxygens (including phenoxy) is 1. The zero-order valence-corrected chi connectivity index (χ0v) is 22.1. The monoisotopic (exact) mass is 543 g/mol. The zero-order chi connectivity index (χ0) is 25.7. The predicted octanol–water partition coefficient (Wildman–Crippen LogP) is 3.97. The van der Waals surface area contributed by atoms with E-state index in [-0.39, 0.29) is 18.8 Å². The average molecular weight is 544 g/mol. The number of anilines is 1. The van der Waals surface area contributed by atoms with Crippen LogP contribution in [0.5, 0.6) is 0 Å². The summed E-state index contributed by atoms with van der Waals surface area (Å²) in [5, 5.41) is 14.6. The van der Waals surface area contributed by atoms with Crippen molar-refractivity contribution in [2.45, 2.75) is 44.6 Å². The number of fused-ring (bicyclic) bond motifs is 1. The SMILES string of the molecule is CN=c1sc2c(-c3ccc(Cl)cc3F)nc(N3C[C@@H](c4cnn(C5CC5)c4)O[C@@H](C)C3)nc2n1CCO. The second-order valence-corrected chi connectivity index (χ2v) is 10.9. The van der Waals surface area contributed by atoms with Crippen LogP contribution in [0.1, 0.15) is 37.5 Å². The fourth-order valence-corrected chi connectivity index (χ4v) is 5.99. The molecule has 37 heavy (non-hydrogen) atoms. The van der Waals surface area contributed by atoms with Gasteiger partial charge in [0.15, 0.2) is 10.4 Å². The van der Waals surface area contributed by atoms with E-state index >= 15 is 4.39 Å². The largest absolute Gasteiger partial charge is 0.395 e. The van der Waals surface area contributed by atoms with E-state index in [2.05, 4.69) is 21.2 Å². The van der Waals surface area contributed by atoms with Crippen LogP contribution in [0.15, 0.2) is 35.6 Å². The molecule has 1 aliphatic heterocycles. The van der Waals surface area contributed by atoms with Gasteiger partial charge in [-0.1, -0.05) is 22.9 Å². The van der Waals surface area contributed by atoms with Gasteiger partial charge >= 0.3 is 0 Å². The number of hydrogen-bond acceptors (Lipinski definition) is 8. The molecule has 12 heteroatoms. The van der Waals surface area contributed by atoms with Gasteiger partial charge in [0, 0.05) is 35.9 Å². The maximum absolute atomic E-state index is 15.1. The Hall–Kier alpha value is -2.86. The van der Waals surface area contributed by atoms with E-state index in [1.54, 1.807) is 19.2 Å². The number of thiazole rings is 1. The standard InChI is InChI=1S/C25H27ClFN7O2S/c1-14-11-32(13-20(36-14)15-10-29-34(12-15)17-4-5-17)24-30-21(18-6-3-16(26)9-19(18)27)22-23(31-24)33(7-8-35)25(28-2)37-22/h3,6,9-10,12,14,17,20,35H,4-5,7-8,11,13H2,1-2H3/t14-,20-/m0/s1. The lowest BCUT2D eigenvalue weighted by molar-refractivity contribution is -0.0178.